The van der Waals surface area contributed by atoms with Crippen molar-refractivity contribution < 1.29 is 28.4 Å². The maximum absolute atomic E-state index is 5.94. The van der Waals surface area contributed by atoms with Crippen molar-refractivity contribution in [1.82, 2.24) is 0 Å². The zero-order valence-electron chi connectivity index (χ0n) is 12.8. The second-order valence-corrected chi connectivity index (χ2v) is 7.24. The van der Waals surface area contributed by atoms with Gasteiger partial charge in [0.15, 0.2) is 5.79 Å². The van der Waals surface area contributed by atoms with E-state index in [1.54, 1.807) is 0 Å². The van der Waals surface area contributed by atoms with Crippen molar-refractivity contribution in [1.29, 1.82) is 0 Å². The standard InChI is InChI=1S/C15H24O6/c1-13(2,18-7-14(9-20-14)3-11-5-16-11)19-8-15(10-21-15)4-12-6-17-12/h11-12H,3-10H2,1-2H3. The SMILES string of the molecule is CC(C)(OCC1(CC2CO2)CO1)OCC1(CC2CO2)CO1. The molecule has 0 N–H and O–H groups in total. The van der Waals surface area contributed by atoms with Gasteiger partial charge in [-0.25, -0.2) is 0 Å². The molecule has 0 aromatic carbocycles. The Balaban J connectivity index is 1.20. The molecule has 0 amide bonds. The lowest BCUT2D eigenvalue weighted by atomic mass is 10.1. The van der Waals surface area contributed by atoms with Gasteiger partial charge in [0.25, 0.3) is 0 Å². The average Bonchev–Trinajstić information content (AvgIpc) is 3.31. The van der Waals surface area contributed by atoms with E-state index in [9.17, 15) is 0 Å². The number of rotatable bonds is 10. The van der Waals surface area contributed by atoms with Crippen LogP contribution in [0.2, 0.25) is 0 Å². The highest BCUT2D eigenvalue weighted by Crippen LogP contribution is 2.39. The van der Waals surface area contributed by atoms with Gasteiger partial charge in [0, 0.05) is 12.8 Å². The maximum atomic E-state index is 5.94. The van der Waals surface area contributed by atoms with Gasteiger partial charge in [0.05, 0.1) is 51.8 Å². The topological polar surface area (TPSA) is 68.6 Å². The van der Waals surface area contributed by atoms with Crippen LogP contribution in [0, 0.1) is 0 Å². The molecule has 0 aliphatic carbocycles. The third kappa shape index (κ3) is 3.94. The largest absolute Gasteiger partial charge is 0.373 e. The third-order valence-electron chi connectivity index (χ3n) is 4.47. The highest BCUT2D eigenvalue weighted by atomic mass is 16.7. The van der Waals surface area contributed by atoms with Crippen LogP contribution < -0.4 is 0 Å². The summed E-state index contributed by atoms with van der Waals surface area (Å²) in [6.45, 7) is 8.23. The van der Waals surface area contributed by atoms with Crippen molar-refractivity contribution in [3.05, 3.63) is 0 Å². The van der Waals surface area contributed by atoms with Crippen LogP contribution in [0.5, 0.6) is 0 Å². The normalized spacial score (nSPS) is 43.7. The van der Waals surface area contributed by atoms with Crippen LogP contribution >= 0.6 is 0 Å². The minimum Gasteiger partial charge on any atom is -0.373 e. The molecule has 4 fully saturated rings. The Labute approximate surface area is 125 Å². The van der Waals surface area contributed by atoms with Crippen LogP contribution in [0.4, 0.5) is 0 Å². The van der Waals surface area contributed by atoms with Crippen molar-refractivity contribution in [2.75, 3.05) is 39.6 Å². The monoisotopic (exact) mass is 300 g/mol. The Kier molecular flexibility index (Phi) is 3.33. The fourth-order valence-corrected chi connectivity index (χ4v) is 2.58. The lowest BCUT2D eigenvalue weighted by Gasteiger charge is -2.28. The van der Waals surface area contributed by atoms with E-state index in [0.29, 0.717) is 25.4 Å². The summed E-state index contributed by atoms with van der Waals surface area (Å²) >= 11 is 0. The van der Waals surface area contributed by atoms with Crippen LogP contribution in [-0.2, 0) is 28.4 Å². The molecular formula is C15H24O6. The van der Waals surface area contributed by atoms with Gasteiger partial charge in [-0.1, -0.05) is 0 Å². The smallest absolute Gasteiger partial charge is 0.163 e. The van der Waals surface area contributed by atoms with E-state index in [4.69, 9.17) is 28.4 Å². The van der Waals surface area contributed by atoms with Crippen molar-refractivity contribution in [3.63, 3.8) is 0 Å². The predicted molar refractivity (Wildman–Crippen MR) is 72.1 cm³/mol. The summed E-state index contributed by atoms with van der Waals surface area (Å²) in [6.07, 6.45) is 2.58. The van der Waals surface area contributed by atoms with Gasteiger partial charge in [-0.3, -0.25) is 0 Å². The summed E-state index contributed by atoms with van der Waals surface area (Å²) in [5, 5.41) is 0. The van der Waals surface area contributed by atoms with Crippen molar-refractivity contribution in [2.45, 2.75) is 55.9 Å². The first-order valence-corrected chi connectivity index (χ1v) is 7.77. The molecule has 0 saturated carbocycles. The molecule has 6 nitrogen and oxygen atoms in total. The summed E-state index contributed by atoms with van der Waals surface area (Å²) in [5.41, 5.74) is -0.283. The van der Waals surface area contributed by atoms with Crippen LogP contribution in [0.1, 0.15) is 26.7 Å². The zero-order valence-corrected chi connectivity index (χ0v) is 12.8. The van der Waals surface area contributed by atoms with E-state index in [0.717, 1.165) is 39.3 Å². The average molecular weight is 300 g/mol. The molecule has 4 rings (SSSR count). The van der Waals surface area contributed by atoms with Gasteiger partial charge in [-0.2, -0.15) is 0 Å². The van der Waals surface area contributed by atoms with E-state index in [1.807, 2.05) is 13.8 Å². The number of hydrogen-bond acceptors (Lipinski definition) is 6. The Bertz CT molecular complexity index is 357. The Morgan fingerprint density at radius 3 is 1.57 bits per heavy atom. The van der Waals surface area contributed by atoms with E-state index >= 15 is 0 Å². The molecule has 0 radical (unpaired) electrons. The molecule has 4 aliphatic heterocycles. The molecule has 120 valence electrons. The second-order valence-electron chi connectivity index (χ2n) is 7.24. The minimum absolute atomic E-state index is 0.141. The third-order valence-corrected chi connectivity index (χ3v) is 4.47. The molecule has 0 aromatic heterocycles. The van der Waals surface area contributed by atoms with Crippen LogP contribution in [-0.4, -0.2) is 68.8 Å². The number of epoxide rings is 4. The van der Waals surface area contributed by atoms with Gasteiger partial charge in [-0.15, -0.1) is 0 Å². The molecule has 21 heavy (non-hydrogen) atoms. The molecule has 4 unspecified atom stereocenters. The molecule has 4 saturated heterocycles. The lowest BCUT2D eigenvalue weighted by molar-refractivity contribution is -0.228. The van der Waals surface area contributed by atoms with Gasteiger partial charge >= 0.3 is 0 Å². The van der Waals surface area contributed by atoms with E-state index < -0.39 is 5.79 Å². The summed E-state index contributed by atoms with van der Waals surface area (Å²) in [4.78, 5) is 0. The van der Waals surface area contributed by atoms with E-state index in [1.165, 1.54) is 0 Å². The second kappa shape index (κ2) is 4.88. The summed E-state index contributed by atoms with van der Waals surface area (Å²) in [5.74, 6) is -0.632. The fraction of sp³-hybridized carbons (Fsp3) is 1.00. The highest BCUT2D eigenvalue weighted by molar-refractivity contribution is 4.98. The summed E-state index contributed by atoms with van der Waals surface area (Å²) in [7, 11) is 0. The van der Waals surface area contributed by atoms with Gasteiger partial charge in [-0.05, 0) is 13.8 Å². The van der Waals surface area contributed by atoms with Crippen LogP contribution in [0.3, 0.4) is 0 Å². The molecule has 4 aliphatic rings. The Hall–Kier alpha value is -0.240. The first-order valence-electron chi connectivity index (χ1n) is 7.77. The molecule has 4 heterocycles. The summed E-state index contributed by atoms with van der Waals surface area (Å²) in [6, 6.07) is 0. The molecule has 4 atom stereocenters. The first-order chi connectivity index (χ1) is 9.99. The van der Waals surface area contributed by atoms with Gasteiger partial charge < -0.3 is 28.4 Å². The molecule has 0 aromatic rings. The number of ether oxygens (including phenoxy) is 6. The number of hydrogen-bond donors (Lipinski definition) is 0. The van der Waals surface area contributed by atoms with Gasteiger partial charge in [0.1, 0.15) is 11.2 Å². The maximum Gasteiger partial charge on any atom is 0.163 e. The van der Waals surface area contributed by atoms with Crippen LogP contribution in [0.25, 0.3) is 0 Å². The Morgan fingerprint density at radius 2 is 1.29 bits per heavy atom. The van der Waals surface area contributed by atoms with Gasteiger partial charge in [0.2, 0.25) is 0 Å². The minimum atomic E-state index is -0.632. The first kappa shape index (κ1) is 14.4. The van der Waals surface area contributed by atoms with Crippen molar-refractivity contribution >= 4 is 0 Å². The fourth-order valence-electron chi connectivity index (χ4n) is 2.58. The summed E-state index contributed by atoms with van der Waals surface area (Å²) < 4.78 is 33.5. The Morgan fingerprint density at radius 1 is 0.905 bits per heavy atom. The quantitative estimate of drug-likeness (QED) is 0.440. The van der Waals surface area contributed by atoms with Crippen molar-refractivity contribution in [3.8, 4) is 0 Å². The highest BCUT2D eigenvalue weighted by Gasteiger charge is 2.52. The van der Waals surface area contributed by atoms with E-state index in [2.05, 4.69) is 0 Å². The van der Waals surface area contributed by atoms with Crippen molar-refractivity contribution in [2.24, 2.45) is 0 Å². The molecule has 6 heteroatoms. The van der Waals surface area contributed by atoms with Crippen LogP contribution in [0.15, 0.2) is 0 Å². The molecule has 0 bridgehead atoms. The predicted octanol–water partition coefficient (Wildman–Crippen LogP) is 0.872. The zero-order chi connectivity index (χ0) is 14.6. The molecule has 0 spiro atoms. The lowest BCUT2D eigenvalue weighted by Crippen LogP contribution is -2.37. The molecular weight excluding hydrogens is 276 g/mol. The van der Waals surface area contributed by atoms with E-state index in [-0.39, 0.29) is 11.2 Å².